The predicted molar refractivity (Wildman–Crippen MR) is 145 cm³/mol. The van der Waals surface area contributed by atoms with E-state index in [0.29, 0.717) is 12.2 Å². The summed E-state index contributed by atoms with van der Waals surface area (Å²) in [5.41, 5.74) is 2.26. The van der Waals surface area contributed by atoms with Gasteiger partial charge in [0.25, 0.3) is 10.0 Å². The van der Waals surface area contributed by atoms with Gasteiger partial charge in [0.15, 0.2) is 0 Å². The van der Waals surface area contributed by atoms with E-state index >= 15 is 0 Å². The van der Waals surface area contributed by atoms with Crippen molar-refractivity contribution in [3.63, 3.8) is 0 Å². The molecule has 3 aromatic carbocycles. The molecule has 0 aromatic heterocycles. The molecule has 3 rings (SSSR count). The second-order valence-electron chi connectivity index (χ2n) is 8.38. The Morgan fingerprint density at radius 3 is 2.14 bits per heavy atom. The van der Waals surface area contributed by atoms with E-state index in [-0.39, 0.29) is 17.3 Å². The first-order valence-electron chi connectivity index (χ1n) is 11.6. The van der Waals surface area contributed by atoms with Crippen LogP contribution in [0.5, 0.6) is 0 Å². The molecule has 0 saturated carbocycles. The highest BCUT2D eigenvalue weighted by molar-refractivity contribution is 9.10. The van der Waals surface area contributed by atoms with Gasteiger partial charge >= 0.3 is 0 Å². The van der Waals surface area contributed by atoms with E-state index in [4.69, 9.17) is 0 Å². The molecular weight excluding hydrogens is 542 g/mol. The maximum Gasteiger partial charge on any atom is 0.264 e. The molecule has 1 unspecified atom stereocenters. The van der Waals surface area contributed by atoms with E-state index in [1.54, 1.807) is 56.3 Å². The Bertz CT molecular complexity index is 1280. The van der Waals surface area contributed by atoms with Crippen molar-refractivity contribution in [1.82, 2.24) is 10.2 Å². The van der Waals surface area contributed by atoms with Gasteiger partial charge in [-0.3, -0.25) is 13.9 Å². The fraction of sp³-hybridized carbons (Fsp3) is 0.259. The number of nitrogens with one attached hydrogen (secondary N) is 1. The highest BCUT2D eigenvalue weighted by Gasteiger charge is 2.32. The first kappa shape index (κ1) is 27.4. The van der Waals surface area contributed by atoms with Gasteiger partial charge in [-0.1, -0.05) is 64.0 Å². The third kappa shape index (κ3) is 6.73. The topological polar surface area (TPSA) is 86.8 Å². The van der Waals surface area contributed by atoms with Crippen molar-refractivity contribution in [2.24, 2.45) is 0 Å². The Kier molecular flexibility index (Phi) is 9.28. The van der Waals surface area contributed by atoms with Gasteiger partial charge < -0.3 is 10.2 Å². The van der Waals surface area contributed by atoms with E-state index in [0.717, 1.165) is 19.9 Å². The van der Waals surface area contributed by atoms with Crippen molar-refractivity contribution in [2.45, 2.75) is 38.3 Å². The van der Waals surface area contributed by atoms with Crippen molar-refractivity contribution in [3.8, 4) is 0 Å². The van der Waals surface area contributed by atoms with Gasteiger partial charge in [0.1, 0.15) is 12.6 Å². The van der Waals surface area contributed by atoms with Crippen molar-refractivity contribution in [3.05, 3.63) is 94.5 Å². The number of anilines is 1. The zero-order chi connectivity index (χ0) is 26.3. The van der Waals surface area contributed by atoms with E-state index in [1.165, 1.54) is 17.0 Å². The van der Waals surface area contributed by atoms with Crippen molar-refractivity contribution >= 4 is 43.5 Å². The van der Waals surface area contributed by atoms with Gasteiger partial charge in [-0.2, -0.15) is 0 Å². The van der Waals surface area contributed by atoms with E-state index in [1.807, 2.05) is 31.2 Å². The molecule has 2 amide bonds. The maximum absolute atomic E-state index is 13.7. The lowest BCUT2D eigenvalue weighted by Gasteiger charge is -2.32. The van der Waals surface area contributed by atoms with Gasteiger partial charge in [0, 0.05) is 17.6 Å². The molecule has 190 valence electrons. The van der Waals surface area contributed by atoms with E-state index < -0.39 is 28.5 Å². The molecule has 0 aliphatic rings. The quantitative estimate of drug-likeness (QED) is 0.388. The number of carbonyl (C=O) groups excluding carboxylic acids is 2. The molecule has 1 atom stereocenters. The van der Waals surface area contributed by atoms with Crippen molar-refractivity contribution in [2.75, 3.05) is 17.4 Å². The maximum atomic E-state index is 13.7. The third-order valence-electron chi connectivity index (χ3n) is 5.72. The normalized spacial score (nSPS) is 12.0. The van der Waals surface area contributed by atoms with Crippen LogP contribution in [0.1, 0.15) is 25.0 Å². The monoisotopic (exact) mass is 571 g/mol. The number of hydrogen-bond acceptors (Lipinski definition) is 4. The lowest BCUT2D eigenvalue weighted by atomic mass is 10.1. The molecule has 7 nitrogen and oxygen atoms in total. The highest BCUT2D eigenvalue weighted by atomic mass is 79.9. The second kappa shape index (κ2) is 12.2. The highest BCUT2D eigenvalue weighted by Crippen LogP contribution is 2.26. The smallest absolute Gasteiger partial charge is 0.264 e. The summed E-state index contributed by atoms with van der Waals surface area (Å²) in [7, 11) is -4.06. The van der Waals surface area contributed by atoms with E-state index in [9.17, 15) is 18.0 Å². The third-order valence-corrected chi connectivity index (χ3v) is 8.03. The van der Waals surface area contributed by atoms with Crippen LogP contribution < -0.4 is 9.62 Å². The average molecular weight is 573 g/mol. The number of carbonyl (C=O) groups is 2. The average Bonchev–Trinajstić information content (AvgIpc) is 2.87. The van der Waals surface area contributed by atoms with Crippen LogP contribution in [0, 0.1) is 6.92 Å². The van der Waals surface area contributed by atoms with Crippen LogP contribution in [0.4, 0.5) is 5.69 Å². The zero-order valence-electron chi connectivity index (χ0n) is 20.5. The number of likely N-dealkylation sites (N-methyl/N-ethyl adjacent to an activating group) is 1. The summed E-state index contributed by atoms with van der Waals surface area (Å²) in [5.74, 6) is -0.796. The largest absolute Gasteiger partial charge is 0.355 e. The van der Waals surface area contributed by atoms with Gasteiger partial charge in [-0.15, -0.1) is 0 Å². The van der Waals surface area contributed by atoms with Crippen molar-refractivity contribution in [1.29, 1.82) is 0 Å². The molecule has 0 radical (unpaired) electrons. The molecule has 9 heteroatoms. The zero-order valence-corrected chi connectivity index (χ0v) is 22.9. The molecule has 0 aliphatic carbocycles. The minimum absolute atomic E-state index is 0.0718. The summed E-state index contributed by atoms with van der Waals surface area (Å²) in [6, 6.07) is 21.5. The first-order chi connectivity index (χ1) is 17.1. The molecular formula is C27H30BrN3O4S. The number of benzene rings is 3. The van der Waals surface area contributed by atoms with Crippen LogP contribution >= 0.6 is 15.9 Å². The SMILES string of the molecule is CCNC(=O)C(C)N(Cc1ccc(C)cc1)C(=O)CN(c1ccc(Br)cc1)S(=O)(=O)c1ccccc1. The van der Waals surface area contributed by atoms with Crippen LogP contribution in [-0.4, -0.2) is 44.3 Å². The van der Waals surface area contributed by atoms with Crippen LogP contribution in [0.2, 0.25) is 0 Å². The van der Waals surface area contributed by atoms with Crippen LogP contribution in [0.25, 0.3) is 0 Å². The number of sulfonamides is 1. The molecule has 3 aromatic rings. The second-order valence-corrected chi connectivity index (χ2v) is 11.2. The summed E-state index contributed by atoms with van der Waals surface area (Å²) < 4.78 is 29.1. The van der Waals surface area contributed by atoms with Crippen molar-refractivity contribution < 1.29 is 18.0 Å². The molecule has 0 bridgehead atoms. The molecule has 1 N–H and O–H groups in total. The van der Waals surface area contributed by atoms with Gasteiger partial charge in [0.05, 0.1) is 10.6 Å². The Balaban J connectivity index is 2.00. The lowest BCUT2D eigenvalue weighted by molar-refractivity contribution is -0.139. The molecule has 0 aliphatic heterocycles. The standard InChI is InChI=1S/C27H30BrN3O4S/c1-4-29-27(33)21(3)30(18-22-12-10-20(2)11-13-22)26(32)19-31(24-16-14-23(28)15-17-24)36(34,35)25-8-6-5-7-9-25/h5-17,21H,4,18-19H2,1-3H3,(H,29,33). The minimum atomic E-state index is -4.06. The van der Waals surface area contributed by atoms with Crippen LogP contribution in [0.3, 0.4) is 0 Å². The Labute approximate surface area is 221 Å². The van der Waals surface area contributed by atoms with Gasteiger partial charge in [-0.05, 0) is 62.7 Å². The summed E-state index contributed by atoms with van der Waals surface area (Å²) in [6.45, 7) is 5.54. The lowest BCUT2D eigenvalue weighted by Crippen LogP contribution is -2.51. The molecule has 36 heavy (non-hydrogen) atoms. The molecule has 0 saturated heterocycles. The number of aryl methyl sites for hydroxylation is 1. The number of rotatable bonds is 10. The van der Waals surface area contributed by atoms with Gasteiger partial charge in [-0.25, -0.2) is 8.42 Å². The molecule has 0 fully saturated rings. The van der Waals surface area contributed by atoms with Gasteiger partial charge in [0.2, 0.25) is 11.8 Å². The minimum Gasteiger partial charge on any atom is -0.355 e. The molecule has 0 spiro atoms. The summed E-state index contributed by atoms with van der Waals surface area (Å²) in [4.78, 5) is 27.9. The summed E-state index contributed by atoms with van der Waals surface area (Å²) >= 11 is 3.37. The first-order valence-corrected chi connectivity index (χ1v) is 13.8. The number of hydrogen-bond donors (Lipinski definition) is 1. The van der Waals surface area contributed by atoms with Crippen LogP contribution in [0.15, 0.2) is 88.2 Å². The fourth-order valence-corrected chi connectivity index (χ4v) is 5.35. The summed E-state index contributed by atoms with van der Waals surface area (Å²) in [6.07, 6.45) is 0. The van der Waals surface area contributed by atoms with E-state index in [2.05, 4.69) is 21.2 Å². The number of halogens is 1. The molecule has 0 heterocycles. The Morgan fingerprint density at radius 1 is 0.944 bits per heavy atom. The summed E-state index contributed by atoms with van der Waals surface area (Å²) in [5, 5.41) is 2.75. The predicted octanol–water partition coefficient (Wildman–Crippen LogP) is 4.51. The fourth-order valence-electron chi connectivity index (χ4n) is 3.65. The van der Waals surface area contributed by atoms with Crippen LogP contribution in [-0.2, 0) is 26.2 Å². The Morgan fingerprint density at radius 2 is 1.56 bits per heavy atom. The Hall–Kier alpha value is -3.17. The number of nitrogens with zero attached hydrogens (tertiary/aromatic N) is 2. The number of amides is 2.